The third-order valence-electron chi connectivity index (χ3n) is 12.3. The van der Waals surface area contributed by atoms with Gasteiger partial charge in [0.1, 0.15) is 12.2 Å². The predicted molar refractivity (Wildman–Crippen MR) is 270 cm³/mol. The fraction of sp³-hybridized carbons (Fsp3) is 0.772. The molecule has 6 heteroatoms. The molecule has 0 radical (unpaired) electrons. The lowest BCUT2D eigenvalue weighted by atomic mass is 9.79. The maximum atomic E-state index is 13.6. The Hall–Kier alpha value is -2.41. The minimum atomic E-state index is -2.79. The van der Waals surface area contributed by atoms with Crippen LogP contribution in [0.3, 0.4) is 0 Å². The van der Waals surface area contributed by atoms with E-state index in [-0.39, 0.29) is 19.3 Å². The molecule has 0 aromatic carbocycles. The van der Waals surface area contributed by atoms with E-state index in [1.807, 2.05) is 0 Å². The average Bonchev–Trinajstić information content (AvgIpc) is 3.29. The SMILES string of the molecule is CC/C=C\C/C=C\C/C=C\CCCCCCCC(=O)C(O)(C(=O)CCCCCCC/C=C\CCCCCCCC)C(O)C(O)C(=O)CCCCCCC/C=C\CCCCCCCC. The summed E-state index contributed by atoms with van der Waals surface area (Å²) < 4.78 is 0. The summed E-state index contributed by atoms with van der Waals surface area (Å²) in [4.78, 5) is 40.2. The molecule has 0 spiro atoms. The Balaban J connectivity index is 4.86. The van der Waals surface area contributed by atoms with Crippen molar-refractivity contribution in [2.45, 2.75) is 283 Å². The van der Waals surface area contributed by atoms with Crippen molar-refractivity contribution in [1.29, 1.82) is 0 Å². The zero-order valence-electron chi connectivity index (χ0n) is 41.4. The van der Waals surface area contributed by atoms with E-state index in [4.69, 9.17) is 0 Å². The van der Waals surface area contributed by atoms with E-state index in [1.54, 1.807) is 0 Å². The molecule has 0 bridgehead atoms. The van der Waals surface area contributed by atoms with E-state index < -0.39 is 35.2 Å². The molecule has 0 aliphatic carbocycles. The van der Waals surface area contributed by atoms with Crippen molar-refractivity contribution >= 4 is 17.3 Å². The number of allylic oxidation sites excluding steroid dienone is 10. The molecule has 0 saturated heterocycles. The number of Topliss-reactive ketones (excluding diaryl/α,β-unsaturated/α-hetero) is 3. The highest BCUT2D eigenvalue weighted by atomic mass is 16.4. The van der Waals surface area contributed by atoms with Gasteiger partial charge in [0.2, 0.25) is 5.60 Å². The number of carbonyl (C=O) groups is 3. The van der Waals surface area contributed by atoms with E-state index in [0.29, 0.717) is 19.3 Å². The van der Waals surface area contributed by atoms with Crippen molar-refractivity contribution in [3.05, 3.63) is 60.8 Å². The summed E-state index contributed by atoms with van der Waals surface area (Å²) in [6, 6.07) is 0. The summed E-state index contributed by atoms with van der Waals surface area (Å²) in [6.07, 6.45) is 55.2. The van der Waals surface area contributed by atoms with Gasteiger partial charge in [0.25, 0.3) is 0 Å². The van der Waals surface area contributed by atoms with Crippen LogP contribution in [0.25, 0.3) is 0 Å². The van der Waals surface area contributed by atoms with Crippen LogP contribution in [0.4, 0.5) is 0 Å². The lowest BCUT2D eigenvalue weighted by Gasteiger charge is -2.32. The maximum absolute atomic E-state index is 13.6. The molecule has 0 aromatic heterocycles. The van der Waals surface area contributed by atoms with E-state index in [1.165, 1.54) is 77.0 Å². The lowest BCUT2D eigenvalue weighted by Crippen LogP contribution is -2.61. The summed E-state index contributed by atoms with van der Waals surface area (Å²) in [5, 5.41) is 33.9. The van der Waals surface area contributed by atoms with Crippen LogP contribution in [0.2, 0.25) is 0 Å². The Labute approximate surface area is 389 Å². The summed E-state index contributed by atoms with van der Waals surface area (Å²) in [5.74, 6) is -2.21. The summed E-state index contributed by atoms with van der Waals surface area (Å²) in [6.45, 7) is 6.62. The van der Waals surface area contributed by atoms with E-state index >= 15 is 0 Å². The van der Waals surface area contributed by atoms with E-state index in [0.717, 1.165) is 128 Å². The number of unbranched alkanes of at least 4 members (excludes halogenated alkanes) is 27. The molecule has 0 heterocycles. The van der Waals surface area contributed by atoms with Gasteiger partial charge in [0, 0.05) is 19.3 Å². The minimum Gasteiger partial charge on any atom is -0.386 e. The van der Waals surface area contributed by atoms with Gasteiger partial charge in [0.15, 0.2) is 17.3 Å². The number of carbonyl (C=O) groups excluding carboxylic acids is 3. The zero-order valence-corrected chi connectivity index (χ0v) is 41.4. The van der Waals surface area contributed by atoms with Crippen LogP contribution in [0.1, 0.15) is 265 Å². The van der Waals surface area contributed by atoms with Gasteiger partial charge in [-0.1, -0.05) is 204 Å². The van der Waals surface area contributed by atoms with Crippen molar-refractivity contribution in [2.75, 3.05) is 0 Å². The first-order chi connectivity index (χ1) is 30.8. The highest BCUT2D eigenvalue weighted by Gasteiger charge is 2.52. The summed E-state index contributed by atoms with van der Waals surface area (Å²) in [5.41, 5.74) is -2.79. The molecule has 3 unspecified atom stereocenters. The quantitative estimate of drug-likeness (QED) is 0.0319. The monoisotopic (exact) mass is 881 g/mol. The standard InChI is InChI=1S/C57H100O6/c1-4-7-10-13-16-19-22-25-28-31-34-37-40-43-46-49-52(58)55(61)56(62)57(63,53(59)50-47-44-41-38-35-32-29-26-23-20-17-14-11-8-5-2)54(60)51-48-45-42-39-36-33-30-27-24-21-18-15-12-9-6-3/h8,11,17,20,25-30,55-56,61-63H,4-7,9-10,12-16,18-19,21-24,31-51H2,1-3H3/b11-8-,20-17-,28-25-,29-26-,30-27-. The molecular formula is C57H100O6. The molecular weight excluding hydrogens is 781 g/mol. The number of ketones is 3. The number of rotatable bonds is 48. The Morgan fingerprint density at radius 3 is 1.03 bits per heavy atom. The Bertz CT molecular complexity index is 1210. The molecule has 6 nitrogen and oxygen atoms in total. The van der Waals surface area contributed by atoms with Gasteiger partial charge >= 0.3 is 0 Å². The zero-order chi connectivity index (χ0) is 46.3. The minimum absolute atomic E-state index is 0.0333. The van der Waals surface area contributed by atoms with Crippen molar-refractivity contribution in [1.82, 2.24) is 0 Å². The number of hydrogen-bond acceptors (Lipinski definition) is 6. The second-order valence-corrected chi connectivity index (χ2v) is 18.2. The molecule has 0 rings (SSSR count). The van der Waals surface area contributed by atoms with Crippen LogP contribution in [-0.4, -0.2) is 50.5 Å². The third-order valence-corrected chi connectivity index (χ3v) is 12.3. The second-order valence-electron chi connectivity index (χ2n) is 18.2. The molecule has 3 atom stereocenters. The first-order valence-electron chi connectivity index (χ1n) is 26.7. The summed E-state index contributed by atoms with van der Waals surface area (Å²) >= 11 is 0. The van der Waals surface area contributed by atoms with Gasteiger partial charge in [0.05, 0.1) is 0 Å². The van der Waals surface area contributed by atoms with Crippen molar-refractivity contribution in [3.8, 4) is 0 Å². The van der Waals surface area contributed by atoms with Gasteiger partial charge in [-0.25, -0.2) is 0 Å². The number of aliphatic hydroxyl groups is 3. The topological polar surface area (TPSA) is 112 Å². The number of aliphatic hydroxyl groups excluding tert-OH is 2. The Kier molecular flexibility index (Phi) is 44.4. The predicted octanol–water partition coefficient (Wildman–Crippen LogP) is 15.8. The molecule has 0 aromatic rings. The highest BCUT2D eigenvalue weighted by Crippen LogP contribution is 2.25. The second kappa shape index (κ2) is 46.1. The molecule has 0 amide bonds. The third kappa shape index (κ3) is 35.5. The lowest BCUT2D eigenvalue weighted by molar-refractivity contribution is -0.174. The normalized spacial score (nSPS) is 14.3. The van der Waals surface area contributed by atoms with Crippen LogP contribution < -0.4 is 0 Å². The first-order valence-corrected chi connectivity index (χ1v) is 26.7. The van der Waals surface area contributed by atoms with Crippen molar-refractivity contribution in [3.63, 3.8) is 0 Å². The molecule has 0 fully saturated rings. The summed E-state index contributed by atoms with van der Waals surface area (Å²) in [7, 11) is 0. The Morgan fingerprint density at radius 1 is 0.381 bits per heavy atom. The smallest absolute Gasteiger partial charge is 0.210 e. The van der Waals surface area contributed by atoms with Crippen LogP contribution >= 0.6 is 0 Å². The molecule has 63 heavy (non-hydrogen) atoms. The van der Waals surface area contributed by atoms with Crippen LogP contribution in [-0.2, 0) is 14.4 Å². The van der Waals surface area contributed by atoms with E-state index in [2.05, 4.69) is 81.5 Å². The van der Waals surface area contributed by atoms with Gasteiger partial charge in [-0.2, -0.15) is 0 Å². The fourth-order valence-corrected chi connectivity index (χ4v) is 8.05. The fourth-order valence-electron chi connectivity index (χ4n) is 8.05. The van der Waals surface area contributed by atoms with E-state index in [9.17, 15) is 29.7 Å². The Morgan fingerprint density at radius 2 is 0.667 bits per heavy atom. The van der Waals surface area contributed by atoms with Crippen molar-refractivity contribution < 1.29 is 29.7 Å². The molecule has 364 valence electrons. The highest BCUT2D eigenvalue weighted by molar-refractivity contribution is 6.11. The number of hydrogen-bond donors (Lipinski definition) is 3. The van der Waals surface area contributed by atoms with Crippen LogP contribution in [0, 0.1) is 0 Å². The van der Waals surface area contributed by atoms with Gasteiger partial charge in [-0.05, 0) is 103 Å². The molecule has 3 N–H and O–H groups in total. The van der Waals surface area contributed by atoms with Gasteiger partial charge in [-0.3, -0.25) is 14.4 Å². The van der Waals surface area contributed by atoms with Crippen molar-refractivity contribution in [2.24, 2.45) is 0 Å². The van der Waals surface area contributed by atoms with Gasteiger partial charge < -0.3 is 15.3 Å². The van der Waals surface area contributed by atoms with Crippen LogP contribution in [0.5, 0.6) is 0 Å². The molecule has 0 aliphatic heterocycles. The molecule has 0 aliphatic rings. The molecule has 0 saturated carbocycles. The van der Waals surface area contributed by atoms with Crippen LogP contribution in [0.15, 0.2) is 60.8 Å². The average molecular weight is 881 g/mol. The largest absolute Gasteiger partial charge is 0.386 e. The van der Waals surface area contributed by atoms with Gasteiger partial charge in [-0.15, -0.1) is 0 Å². The maximum Gasteiger partial charge on any atom is 0.210 e. The first kappa shape index (κ1) is 60.6.